The van der Waals surface area contributed by atoms with Gasteiger partial charge in [0.2, 0.25) is 6.10 Å². The van der Waals surface area contributed by atoms with Crippen molar-refractivity contribution in [2.24, 2.45) is 0 Å². The molecule has 0 heterocycles. The second-order valence-corrected chi connectivity index (χ2v) is 7.79. The zero-order valence-electron chi connectivity index (χ0n) is 17.1. The van der Waals surface area contributed by atoms with Crippen molar-refractivity contribution < 1.29 is 9.53 Å². The highest BCUT2D eigenvalue weighted by molar-refractivity contribution is 7.97. The van der Waals surface area contributed by atoms with E-state index in [-0.39, 0.29) is 17.3 Å². The maximum Gasteiger partial charge on any atom is 0.275 e. The molecule has 2 aromatic carbocycles. The summed E-state index contributed by atoms with van der Waals surface area (Å²) < 4.78 is 8.69. The van der Waals surface area contributed by atoms with Gasteiger partial charge >= 0.3 is 0 Å². The van der Waals surface area contributed by atoms with E-state index in [9.17, 15) is 4.79 Å². The number of hydrogen-bond acceptors (Lipinski definition) is 6. The van der Waals surface area contributed by atoms with Crippen molar-refractivity contribution in [1.82, 2.24) is 4.72 Å². The number of allylic oxidation sites excluding steroid dienone is 4. The van der Waals surface area contributed by atoms with Gasteiger partial charge in [-0.15, -0.1) is 0 Å². The van der Waals surface area contributed by atoms with Crippen molar-refractivity contribution in [1.29, 1.82) is 10.8 Å². The highest BCUT2D eigenvalue weighted by Gasteiger charge is 2.23. The first-order chi connectivity index (χ1) is 14.9. The van der Waals surface area contributed by atoms with Crippen molar-refractivity contribution in [3.8, 4) is 5.75 Å². The molecule has 3 rings (SSSR count). The summed E-state index contributed by atoms with van der Waals surface area (Å²) >= 11 is 7.27. The van der Waals surface area contributed by atoms with E-state index in [4.69, 9.17) is 32.9 Å². The fourth-order valence-electron chi connectivity index (χ4n) is 2.42. The lowest BCUT2D eigenvalue weighted by atomic mass is 10.1. The smallest absolute Gasteiger partial charge is 0.275 e. The van der Waals surface area contributed by atoms with Gasteiger partial charge in [0.05, 0.1) is 17.1 Å². The number of hydrogen-bond donors (Lipinski definition) is 4. The lowest BCUT2D eigenvalue weighted by Crippen LogP contribution is -2.28. The monoisotopic (exact) mass is 456 g/mol. The van der Waals surface area contributed by atoms with Crippen LogP contribution >= 0.6 is 23.5 Å². The van der Waals surface area contributed by atoms with Crippen molar-refractivity contribution in [3.05, 3.63) is 83.4 Å². The van der Waals surface area contributed by atoms with Gasteiger partial charge in [-0.25, -0.2) is 0 Å². The Morgan fingerprint density at radius 1 is 1.13 bits per heavy atom. The number of amides is 1. The molecule has 1 unspecified atom stereocenters. The maximum absolute atomic E-state index is 12.5. The quantitative estimate of drug-likeness (QED) is 0.194. The summed E-state index contributed by atoms with van der Waals surface area (Å²) in [6, 6.07) is 14.3. The molecule has 0 radical (unpaired) electrons. The SMILES string of the molecule is CCCSNC(=O)C(Oc1ccc(Cl)cc1N)c1ccccc1.N=C1C=CC=CC1=N. The molecule has 162 valence electrons. The van der Waals surface area contributed by atoms with Crippen LogP contribution < -0.4 is 15.2 Å². The molecular weight excluding hydrogens is 432 g/mol. The average molecular weight is 457 g/mol. The molecule has 0 bridgehead atoms. The van der Waals surface area contributed by atoms with Gasteiger partial charge < -0.3 is 10.5 Å². The predicted molar refractivity (Wildman–Crippen MR) is 130 cm³/mol. The van der Waals surface area contributed by atoms with E-state index < -0.39 is 6.10 Å². The molecule has 0 aliphatic heterocycles. The molecule has 1 aliphatic carbocycles. The van der Waals surface area contributed by atoms with Gasteiger partial charge in [-0.3, -0.25) is 20.3 Å². The predicted octanol–water partition coefficient (Wildman–Crippen LogP) is 5.37. The number of nitrogens with one attached hydrogen (secondary N) is 3. The third-order valence-corrected chi connectivity index (χ3v) is 5.16. The third-order valence-electron chi connectivity index (χ3n) is 3.96. The van der Waals surface area contributed by atoms with E-state index in [0.29, 0.717) is 16.5 Å². The molecule has 0 saturated carbocycles. The number of ether oxygens (including phenoxy) is 1. The molecule has 5 N–H and O–H groups in total. The van der Waals surface area contributed by atoms with Crippen LogP contribution in [0.4, 0.5) is 5.69 Å². The standard InChI is InChI=1S/C17H19ClN2O2S.C6H6N2/c1-2-10-23-20-17(21)16(12-6-4-3-5-7-12)22-15-9-8-13(18)11-14(15)19;7-5-3-1-2-4-6(5)8/h3-9,11,16H,2,10,19H2,1H3,(H,20,21);1-4,7-8H. The molecule has 1 aliphatic rings. The minimum atomic E-state index is -0.774. The summed E-state index contributed by atoms with van der Waals surface area (Å²) in [5.41, 5.74) is 7.65. The third kappa shape index (κ3) is 7.96. The first kappa shape index (κ1) is 24.2. The van der Waals surface area contributed by atoms with Crippen LogP contribution in [0.1, 0.15) is 25.0 Å². The lowest BCUT2D eigenvalue weighted by molar-refractivity contribution is -0.126. The van der Waals surface area contributed by atoms with Crippen LogP contribution in [0.25, 0.3) is 0 Å². The molecule has 1 amide bonds. The van der Waals surface area contributed by atoms with Crippen molar-refractivity contribution in [2.45, 2.75) is 19.4 Å². The summed E-state index contributed by atoms with van der Waals surface area (Å²) in [6.07, 6.45) is 6.90. The van der Waals surface area contributed by atoms with Crippen LogP contribution in [-0.2, 0) is 4.79 Å². The number of nitrogens with two attached hydrogens (primary N) is 1. The van der Waals surface area contributed by atoms with Crippen LogP contribution in [0.3, 0.4) is 0 Å². The van der Waals surface area contributed by atoms with E-state index in [2.05, 4.69) is 11.6 Å². The lowest BCUT2D eigenvalue weighted by Gasteiger charge is -2.20. The molecule has 0 spiro atoms. The molecule has 2 aromatic rings. The molecule has 6 nitrogen and oxygen atoms in total. The summed E-state index contributed by atoms with van der Waals surface area (Å²) in [7, 11) is 0. The number of nitrogen functional groups attached to an aromatic ring is 1. The summed E-state index contributed by atoms with van der Waals surface area (Å²) in [6.45, 7) is 2.05. The number of carbonyl (C=O) groups is 1. The molecular formula is C23H25ClN4O2S. The fourth-order valence-corrected chi connectivity index (χ4v) is 3.15. The van der Waals surface area contributed by atoms with Gasteiger partial charge in [0.1, 0.15) is 5.75 Å². The zero-order chi connectivity index (χ0) is 22.6. The van der Waals surface area contributed by atoms with E-state index in [1.807, 2.05) is 30.3 Å². The minimum absolute atomic E-state index is 0.219. The molecule has 0 fully saturated rings. The van der Waals surface area contributed by atoms with Gasteiger partial charge in [-0.1, -0.05) is 73.0 Å². The highest BCUT2D eigenvalue weighted by atomic mass is 35.5. The van der Waals surface area contributed by atoms with Crippen LogP contribution in [-0.4, -0.2) is 23.1 Å². The second-order valence-electron chi connectivity index (χ2n) is 6.45. The van der Waals surface area contributed by atoms with Gasteiger partial charge in [0.15, 0.2) is 0 Å². The summed E-state index contributed by atoms with van der Waals surface area (Å²) in [4.78, 5) is 12.5. The van der Waals surface area contributed by atoms with Crippen LogP contribution in [0.2, 0.25) is 5.02 Å². The normalized spacial score (nSPS) is 13.2. The molecule has 0 saturated heterocycles. The van der Waals surface area contributed by atoms with E-state index in [0.717, 1.165) is 17.7 Å². The second kappa shape index (κ2) is 12.6. The van der Waals surface area contributed by atoms with Gasteiger partial charge in [0.25, 0.3) is 5.91 Å². The van der Waals surface area contributed by atoms with Gasteiger partial charge in [0, 0.05) is 16.3 Å². The van der Waals surface area contributed by atoms with Crippen molar-refractivity contribution in [3.63, 3.8) is 0 Å². The first-order valence-corrected chi connectivity index (χ1v) is 11.0. The Hall–Kier alpha value is -3.03. The number of benzene rings is 2. The fraction of sp³-hybridized carbons (Fsp3) is 0.174. The zero-order valence-corrected chi connectivity index (χ0v) is 18.7. The largest absolute Gasteiger partial charge is 0.474 e. The first-order valence-electron chi connectivity index (χ1n) is 9.62. The Balaban J connectivity index is 0.000000357. The Morgan fingerprint density at radius 3 is 2.32 bits per heavy atom. The van der Waals surface area contributed by atoms with Crippen molar-refractivity contribution in [2.75, 3.05) is 11.5 Å². The van der Waals surface area contributed by atoms with Crippen molar-refractivity contribution >= 4 is 46.6 Å². The molecule has 31 heavy (non-hydrogen) atoms. The van der Waals surface area contributed by atoms with Crippen LogP contribution in [0, 0.1) is 10.8 Å². The van der Waals surface area contributed by atoms with E-state index in [1.165, 1.54) is 11.9 Å². The number of anilines is 1. The number of carbonyl (C=O) groups excluding carboxylic acids is 1. The van der Waals surface area contributed by atoms with E-state index in [1.54, 1.807) is 42.5 Å². The average Bonchev–Trinajstić information content (AvgIpc) is 2.76. The highest BCUT2D eigenvalue weighted by Crippen LogP contribution is 2.30. The number of halogens is 1. The Kier molecular flexibility index (Phi) is 9.87. The summed E-state index contributed by atoms with van der Waals surface area (Å²) in [5, 5.41) is 14.6. The van der Waals surface area contributed by atoms with Gasteiger partial charge in [-0.2, -0.15) is 0 Å². The Morgan fingerprint density at radius 2 is 1.77 bits per heavy atom. The molecule has 0 aromatic heterocycles. The van der Waals surface area contributed by atoms with E-state index >= 15 is 0 Å². The minimum Gasteiger partial charge on any atom is -0.474 e. The Bertz CT molecular complexity index is 955. The topological polar surface area (TPSA) is 112 Å². The Labute approximate surface area is 191 Å². The van der Waals surface area contributed by atoms with Gasteiger partial charge in [-0.05, 0) is 36.8 Å². The van der Waals surface area contributed by atoms with Crippen LogP contribution in [0.5, 0.6) is 5.75 Å². The molecule has 8 heteroatoms. The maximum atomic E-state index is 12.5. The van der Waals surface area contributed by atoms with Crippen LogP contribution in [0.15, 0.2) is 72.8 Å². The number of rotatable bonds is 7. The molecule has 1 atom stereocenters. The summed E-state index contributed by atoms with van der Waals surface area (Å²) in [5.74, 6) is 1.05.